The van der Waals surface area contributed by atoms with Crippen LogP contribution < -0.4 is 12.4 Å². The van der Waals surface area contributed by atoms with Crippen LogP contribution in [0.25, 0.3) is 0 Å². The number of carbonyl (C=O) groups is 1. The van der Waals surface area contributed by atoms with Crippen molar-refractivity contribution < 1.29 is 48.0 Å². The minimum Gasteiger partial charge on any atom is -1.00 e. The lowest BCUT2D eigenvalue weighted by Crippen LogP contribution is -3.00. The second-order valence-corrected chi connectivity index (χ2v) is 14.5. The summed E-state index contributed by atoms with van der Waals surface area (Å²) in [6.07, 6.45) is -5.58. The first-order valence-corrected chi connectivity index (χ1v) is 16.8. The molecule has 0 aromatic heterocycles. The van der Waals surface area contributed by atoms with Crippen molar-refractivity contribution in [2.45, 2.75) is 81.2 Å². The maximum atomic E-state index is 13.8. The first-order chi connectivity index (χ1) is 22.1. The Morgan fingerprint density at radius 2 is 1.46 bits per heavy atom. The number of halogens is 9. The molecule has 260 valence electrons. The highest BCUT2D eigenvalue weighted by molar-refractivity contribution is 6.42. The lowest BCUT2D eigenvalue weighted by Gasteiger charge is -2.65. The normalized spacial score (nSPS) is 27.6. The van der Waals surface area contributed by atoms with Gasteiger partial charge in [-0.05, 0) is 59.9 Å². The number of hydrogen-bond acceptors (Lipinski definition) is 1. The number of carbonyl (C=O) groups excluding carboxylic acids is 1. The van der Waals surface area contributed by atoms with Gasteiger partial charge in [-0.25, -0.2) is 0 Å². The Balaban J connectivity index is 0.00000451. The van der Waals surface area contributed by atoms with Gasteiger partial charge in [-0.15, -0.1) is 0 Å². The molecule has 2 unspecified atom stereocenters. The summed E-state index contributed by atoms with van der Waals surface area (Å²) in [5.74, 6) is -0.303. The van der Waals surface area contributed by atoms with E-state index in [1.165, 1.54) is 10.5 Å². The molecule has 2 atom stereocenters. The van der Waals surface area contributed by atoms with Crippen molar-refractivity contribution in [3.8, 4) is 0 Å². The van der Waals surface area contributed by atoms with E-state index in [1.807, 2.05) is 18.2 Å². The monoisotopic (exact) mass is 732 g/mol. The fourth-order valence-electron chi connectivity index (χ4n) is 8.91. The van der Waals surface area contributed by atoms with Crippen molar-refractivity contribution in [1.82, 2.24) is 4.90 Å². The molecule has 0 N–H and O–H groups in total. The molecular weight excluding hydrogens is 697 g/mol. The fourth-order valence-corrected chi connectivity index (χ4v) is 9.21. The molecule has 0 aliphatic carbocycles. The average molecular weight is 734 g/mol. The van der Waals surface area contributed by atoms with Crippen molar-refractivity contribution in [3.05, 3.63) is 105 Å². The predicted octanol–water partition coefficient (Wildman–Crippen LogP) is 6.83. The first kappa shape index (κ1) is 36.8. The summed E-state index contributed by atoms with van der Waals surface area (Å²) >= 11 is 13.0. The van der Waals surface area contributed by atoms with Crippen molar-refractivity contribution in [2.24, 2.45) is 0 Å². The number of likely N-dealkylation sites (tertiary alicyclic amines) is 1. The Bertz CT molecular complexity index is 1610. The molecule has 3 nitrogen and oxygen atoms in total. The van der Waals surface area contributed by atoms with Crippen LogP contribution in [0.3, 0.4) is 0 Å². The van der Waals surface area contributed by atoms with Gasteiger partial charge in [-0.1, -0.05) is 66.5 Å². The summed E-state index contributed by atoms with van der Waals surface area (Å²) in [5, 5.41) is 0.733. The molecular formula is C36H37Cl3F6N2O. The zero-order chi connectivity index (χ0) is 33.8. The van der Waals surface area contributed by atoms with E-state index >= 15 is 0 Å². The molecule has 2 bridgehead atoms. The largest absolute Gasteiger partial charge is 1.00 e. The Morgan fingerprint density at radius 1 is 0.833 bits per heavy atom. The van der Waals surface area contributed by atoms with Gasteiger partial charge in [0.15, 0.2) is 0 Å². The third-order valence-corrected chi connectivity index (χ3v) is 11.9. The molecule has 4 heterocycles. The summed E-state index contributed by atoms with van der Waals surface area (Å²) in [5.41, 5.74) is -1.60. The van der Waals surface area contributed by atoms with E-state index in [-0.39, 0.29) is 60.9 Å². The molecule has 0 spiro atoms. The highest BCUT2D eigenvalue weighted by Crippen LogP contribution is 2.56. The number of hydrogen-bond donors (Lipinski definition) is 0. The molecule has 12 heteroatoms. The Labute approximate surface area is 293 Å². The highest BCUT2D eigenvalue weighted by atomic mass is 35.5. The zero-order valence-corrected chi connectivity index (χ0v) is 28.7. The van der Waals surface area contributed by atoms with Gasteiger partial charge in [-0.2, -0.15) is 26.3 Å². The summed E-state index contributed by atoms with van der Waals surface area (Å²) in [7, 11) is 0. The molecule has 4 aliphatic heterocycles. The summed E-state index contributed by atoms with van der Waals surface area (Å²) in [6, 6.07) is 17.5. The van der Waals surface area contributed by atoms with E-state index in [2.05, 4.69) is 31.2 Å². The van der Waals surface area contributed by atoms with Crippen molar-refractivity contribution in [2.75, 3.05) is 26.2 Å². The van der Waals surface area contributed by atoms with Gasteiger partial charge in [-0.3, -0.25) is 4.79 Å². The topological polar surface area (TPSA) is 20.3 Å². The van der Waals surface area contributed by atoms with Crippen LogP contribution in [0.1, 0.15) is 73.3 Å². The van der Waals surface area contributed by atoms with E-state index in [4.69, 9.17) is 23.2 Å². The van der Waals surface area contributed by atoms with Crippen LogP contribution in [0.15, 0.2) is 66.7 Å². The second-order valence-electron chi connectivity index (χ2n) is 13.7. The number of quaternary nitrogens is 1. The van der Waals surface area contributed by atoms with Gasteiger partial charge in [0.05, 0.1) is 46.2 Å². The molecule has 4 aliphatic rings. The van der Waals surface area contributed by atoms with Crippen LogP contribution in [-0.4, -0.2) is 47.5 Å². The van der Waals surface area contributed by atoms with E-state index < -0.39 is 28.9 Å². The molecule has 7 rings (SSSR count). The number of piperidine rings is 4. The number of rotatable bonds is 7. The van der Waals surface area contributed by atoms with Crippen LogP contribution in [0.5, 0.6) is 0 Å². The second kappa shape index (κ2) is 13.3. The fraction of sp³-hybridized carbons (Fsp3) is 0.472. The number of amides is 1. The SMILES string of the molecule is CCC[N+]12CCC(c3ccccc3)(CC1)CC2C1(c2ccc(Cl)c(Cl)c2)CCC(=O)N(Cc2cc(C(F)(F)F)cc(C(F)(F)F)c2)C1.[Cl-]. The molecule has 48 heavy (non-hydrogen) atoms. The average Bonchev–Trinajstić information content (AvgIpc) is 3.03. The maximum Gasteiger partial charge on any atom is 0.416 e. The third-order valence-electron chi connectivity index (χ3n) is 11.1. The number of alkyl halides is 6. The van der Waals surface area contributed by atoms with Crippen molar-refractivity contribution >= 4 is 29.1 Å². The van der Waals surface area contributed by atoms with E-state index in [9.17, 15) is 31.1 Å². The van der Waals surface area contributed by atoms with Crippen LogP contribution in [0, 0.1) is 0 Å². The Morgan fingerprint density at radius 3 is 2.02 bits per heavy atom. The van der Waals surface area contributed by atoms with E-state index in [0.29, 0.717) is 16.5 Å². The minimum absolute atomic E-state index is 0. The maximum absolute atomic E-state index is 13.8. The lowest BCUT2D eigenvalue weighted by atomic mass is 9.55. The van der Waals surface area contributed by atoms with Gasteiger partial charge in [0.1, 0.15) is 6.04 Å². The van der Waals surface area contributed by atoms with Crippen LogP contribution in [0.4, 0.5) is 26.3 Å². The smallest absolute Gasteiger partial charge is 0.416 e. The first-order valence-electron chi connectivity index (χ1n) is 16.0. The standard InChI is InChI=1S/C36H37Cl2F6N2O.ClH/c1-2-14-46-15-12-33(13-16-46,25-6-4-3-5-7-25)21-31(46)34(26-8-9-29(37)30(38)20-26)11-10-32(47)45(23-34)22-24-17-27(35(39,40)41)19-28(18-24)36(42,43)44;/h3-9,17-20,31H,2,10-16,21-23H2,1H3;1H/q+1;/p-1. The lowest BCUT2D eigenvalue weighted by molar-refractivity contribution is -0.971. The highest BCUT2D eigenvalue weighted by Gasteiger charge is 2.63. The van der Waals surface area contributed by atoms with Gasteiger partial charge < -0.3 is 21.8 Å². The van der Waals surface area contributed by atoms with Gasteiger partial charge in [0, 0.05) is 44.2 Å². The zero-order valence-electron chi connectivity index (χ0n) is 26.4. The van der Waals surface area contributed by atoms with Crippen LogP contribution >= 0.6 is 23.2 Å². The van der Waals surface area contributed by atoms with E-state index in [0.717, 1.165) is 67.5 Å². The van der Waals surface area contributed by atoms with Gasteiger partial charge >= 0.3 is 12.4 Å². The molecule has 4 fully saturated rings. The molecule has 3 aromatic rings. The molecule has 3 aromatic carbocycles. The summed E-state index contributed by atoms with van der Waals surface area (Å²) in [4.78, 5) is 15.0. The third kappa shape index (κ3) is 6.69. The number of fused-ring (bicyclic) bond motifs is 3. The quantitative estimate of drug-likeness (QED) is 0.193. The number of nitrogens with zero attached hydrogens (tertiary/aromatic N) is 2. The molecule has 1 amide bonds. The molecule has 0 radical (unpaired) electrons. The molecule has 0 saturated carbocycles. The van der Waals surface area contributed by atoms with Crippen LogP contribution in [-0.2, 0) is 34.5 Å². The Kier molecular flexibility index (Phi) is 10.2. The number of benzene rings is 3. The van der Waals surface area contributed by atoms with E-state index in [1.54, 1.807) is 6.07 Å². The molecule has 4 saturated heterocycles. The van der Waals surface area contributed by atoms with Gasteiger partial charge in [0.25, 0.3) is 0 Å². The Hall–Kier alpha value is -2.46. The van der Waals surface area contributed by atoms with Crippen LogP contribution in [0.2, 0.25) is 10.0 Å². The predicted molar refractivity (Wildman–Crippen MR) is 170 cm³/mol. The van der Waals surface area contributed by atoms with Crippen molar-refractivity contribution in [3.63, 3.8) is 0 Å². The summed E-state index contributed by atoms with van der Waals surface area (Å²) < 4.78 is 83.4. The minimum atomic E-state index is -4.98. The van der Waals surface area contributed by atoms with Crippen molar-refractivity contribution in [1.29, 1.82) is 0 Å². The van der Waals surface area contributed by atoms with Gasteiger partial charge in [0.2, 0.25) is 5.91 Å². The summed E-state index contributed by atoms with van der Waals surface area (Å²) in [6.45, 7) is 4.72.